The molecule has 3 aliphatic heterocycles. The minimum atomic E-state index is 0.187. The topological polar surface area (TPSA) is 70.2 Å². The van der Waals surface area contributed by atoms with Crippen molar-refractivity contribution in [3.05, 3.63) is 29.3 Å². The highest BCUT2D eigenvalue weighted by atomic mass is 16.1. The predicted molar refractivity (Wildman–Crippen MR) is 80.3 cm³/mol. The highest BCUT2D eigenvalue weighted by Crippen LogP contribution is 2.35. The maximum atomic E-state index is 12.4. The van der Waals surface area contributed by atoms with Crippen molar-refractivity contribution in [2.75, 3.05) is 25.4 Å². The highest BCUT2D eigenvalue weighted by molar-refractivity contribution is 5.98. The van der Waals surface area contributed by atoms with Crippen LogP contribution in [0.3, 0.4) is 0 Å². The number of rotatable bonds is 4. The van der Waals surface area contributed by atoms with Gasteiger partial charge in [-0.05, 0) is 43.8 Å². The van der Waals surface area contributed by atoms with Gasteiger partial charge in [0.1, 0.15) is 0 Å². The zero-order valence-corrected chi connectivity index (χ0v) is 11.6. The number of carbonyl (C=O) groups is 1. The van der Waals surface area contributed by atoms with Gasteiger partial charge in [0.05, 0.1) is 0 Å². The molecule has 3 aliphatic rings. The summed E-state index contributed by atoms with van der Waals surface area (Å²) in [6, 6.07) is 5.26. The zero-order valence-electron chi connectivity index (χ0n) is 11.6. The van der Waals surface area contributed by atoms with Crippen LogP contribution in [0.1, 0.15) is 35.2 Å². The van der Waals surface area contributed by atoms with Crippen LogP contribution in [0.25, 0.3) is 0 Å². The highest BCUT2D eigenvalue weighted by Gasteiger charge is 2.35. The van der Waals surface area contributed by atoms with Gasteiger partial charge in [-0.1, -0.05) is 12.1 Å². The summed E-state index contributed by atoms with van der Waals surface area (Å²) < 4.78 is 0. The third-order valence-corrected chi connectivity index (χ3v) is 4.80. The van der Waals surface area contributed by atoms with Gasteiger partial charge in [0.2, 0.25) is 0 Å². The summed E-state index contributed by atoms with van der Waals surface area (Å²) in [7, 11) is 0. The van der Waals surface area contributed by atoms with Gasteiger partial charge >= 0.3 is 0 Å². The number of ketones is 1. The Bertz CT molecular complexity index is 533. The van der Waals surface area contributed by atoms with Gasteiger partial charge in [-0.2, -0.15) is 0 Å². The molecule has 4 rings (SSSR count). The van der Waals surface area contributed by atoms with E-state index in [0.717, 1.165) is 12.5 Å². The van der Waals surface area contributed by atoms with Crippen molar-refractivity contribution in [2.45, 2.75) is 19.3 Å². The SMILES string of the molecule is N=Cc1ccc(C(=O)C[C@@H]2CN3CCC2CC3)cc1N. The molecule has 0 unspecified atom stereocenters. The monoisotopic (exact) mass is 271 g/mol. The Morgan fingerprint density at radius 2 is 2.15 bits per heavy atom. The molecule has 0 spiro atoms. The molecule has 0 amide bonds. The second-order valence-electron chi connectivity index (χ2n) is 6.01. The lowest BCUT2D eigenvalue weighted by Gasteiger charge is -2.44. The molecule has 4 heteroatoms. The lowest BCUT2D eigenvalue weighted by Crippen LogP contribution is -2.47. The number of anilines is 1. The van der Waals surface area contributed by atoms with Gasteiger partial charge in [0.25, 0.3) is 0 Å². The lowest BCUT2D eigenvalue weighted by molar-refractivity contribution is 0.0441. The van der Waals surface area contributed by atoms with Crippen LogP contribution in [-0.4, -0.2) is 36.5 Å². The van der Waals surface area contributed by atoms with E-state index in [2.05, 4.69) is 4.90 Å². The smallest absolute Gasteiger partial charge is 0.163 e. The third kappa shape index (κ3) is 2.48. The molecule has 3 N–H and O–H groups in total. The van der Waals surface area contributed by atoms with E-state index >= 15 is 0 Å². The van der Waals surface area contributed by atoms with Crippen LogP contribution in [-0.2, 0) is 0 Å². The van der Waals surface area contributed by atoms with Crippen LogP contribution in [0.4, 0.5) is 5.69 Å². The minimum absolute atomic E-state index is 0.187. The Hall–Kier alpha value is -1.68. The van der Waals surface area contributed by atoms with E-state index in [0.29, 0.717) is 29.2 Å². The van der Waals surface area contributed by atoms with Crippen molar-refractivity contribution in [1.82, 2.24) is 4.90 Å². The molecule has 1 aromatic rings. The first kappa shape index (κ1) is 13.3. The standard InChI is InChI=1S/C16H21N3O/c17-9-13-2-1-12(7-15(13)18)16(20)8-14-10-19-5-3-11(14)4-6-19/h1-2,7,9,11,14,17H,3-6,8,10,18H2/t14-/m1/s1. The van der Waals surface area contributed by atoms with Crippen LogP contribution in [0.2, 0.25) is 0 Å². The van der Waals surface area contributed by atoms with E-state index in [9.17, 15) is 4.79 Å². The Labute approximate surface area is 119 Å². The first-order chi connectivity index (χ1) is 9.67. The summed E-state index contributed by atoms with van der Waals surface area (Å²) in [6.07, 6.45) is 4.33. The second-order valence-corrected chi connectivity index (χ2v) is 6.01. The first-order valence-corrected chi connectivity index (χ1v) is 7.33. The normalized spacial score (nSPS) is 28.3. The molecule has 2 bridgehead atoms. The number of nitrogens with zero attached hydrogens (tertiary/aromatic N) is 1. The molecule has 3 saturated heterocycles. The number of fused-ring (bicyclic) bond motifs is 3. The molecule has 3 heterocycles. The number of piperidine rings is 3. The Morgan fingerprint density at radius 1 is 1.40 bits per heavy atom. The number of nitrogens with one attached hydrogen (secondary N) is 1. The fourth-order valence-corrected chi connectivity index (χ4v) is 3.55. The average molecular weight is 271 g/mol. The van der Waals surface area contributed by atoms with Crippen LogP contribution < -0.4 is 5.73 Å². The molecule has 0 radical (unpaired) electrons. The number of nitrogens with two attached hydrogens (primary N) is 1. The van der Waals surface area contributed by atoms with E-state index in [1.165, 1.54) is 32.1 Å². The van der Waals surface area contributed by atoms with E-state index < -0.39 is 0 Å². The van der Waals surface area contributed by atoms with Gasteiger partial charge < -0.3 is 16.0 Å². The molecule has 4 nitrogen and oxygen atoms in total. The molecule has 3 fully saturated rings. The summed E-state index contributed by atoms with van der Waals surface area (Å²) in [4.78, 5) is 14.9. The quantitative estimate of drug-likeness (QED) is 0.501. The van der Waals surface area contributed by atoms with Crippen molar-refractivity contribution in [3.63, 3.8) is 0 Å². The molecule has 1 aromatic carbocycles. The molecular weight excluding hydrogens is 250 g/mol. The zero-order chi connectivity index (χ0) is 14.1. The molecule has 0 aromatic heterocycles. The van der Waals surface area contributed by atoms with Crippen molar-refractivity contribution >= 4 is 17.7 Å². The molecule has 0 aliphatic carbocycles. The fraction of sp³-hybridized carbons (Fsp3) is 0.500. The predicted octanol–water partition coefficient (Wildman–Crippen LogP) is 2.18. The maximum Gasteiger partial charge on any atom is 0.163 e. The summed E-state index contributed by atoms with van der Waals surface area (Å²) in [5.74, 6) is 1.42. The Balaban J connectivity index is 1.70. The average Bonchev–Trinajstić information content (AvgIpc) is 2.48. The van der Waals surface area contributed by atoms with Crippen molar-refractivity contribution in [2.24, 2.45) is 11.8 Å². The van der Waals surface area contributed by atoms with E-state index in [1.807, 2.05) is 0 Å². The van der Waals surface area contributed by atoms with Crippen LogP contribution in [0.15, 0.2) is 18.2 Å². The van der Waals surface area contributed by atoms with Crippen molar-refractivity contribution in [3.8, 4) is 0 Å². The largest absolute Gasteiger partial charge is 0.398 e. The van der Waals surface area contributed by atoms with Crippen LogP contribution in [0, 0.1) is 17.2 Å². The molecular formula is C16H21N3O. The summed E-state index contributed by atoms with van der Waals surface area (Å²) in [5, 5.41) is 7.23. The molecule has 1 atom stereocenters. The minimum Gasteiger partial charge on any atom is -0.398 e. The summed E-state index contributed by atoms with van der Waals surface area (Å²) in [5.41, 5.74) is 7.72. The van der Waals surface area contributed by atoms with E-state index in [-0.39, 0.29) is 5.78 Å². The van der Waals surface area contributed by atoms with Crippen molar-refractivity contribution in [1.29, 1.82) is 5.41 Å². The van der Waals surface area contributed by atoms with Gasteiger partial charge in [-0.3, -0.25) is 4.79 Å². The maximum absolute atomic E-state index is 12.4. The van der Waals surface area contributed by atoms with E-state index in [4.69, 9.17) is 11.1 Å². The molecule has 106 valence electrons. The number of Topliss-reactive ketones (excluding diaryl/α,β-unsaturated/α-hetero) is 1. The Morgan fingerprint density at radius 3 is 2.70 bits per heavy atom. The third-order valence-electron chi connectivity index (χ3n) is 4.80. The van der Waals surface area contributed by atoms with Gasteiger partial charge in [0.15, 0.2) is 5.78 Å². The second kappa shape index (κ2) is 5.37. The molecule has 20 heavy (non-hydrogen) atoms. The van der Waals surface area contributed by atoms with Gasteiger partial charge in [-0.15, -0.1) is 0 Å². The number of benzene rings is 1. The van der Waals surface area contributed by atoms with Crippen LogP contribution in [0.5, 0.6) is 0 Å². The Kier molecular flexibility index (Phi) is 3.57. The summed E-state index contributed by atoms with van der Waals surface area (Å²) >= 11 is 0. The van der Waals surface area contributed by atoms with Gasteiger partial charge in [0, 0.05) is 36.0 Å². The lowest BCUT2D eigenvalue weighted by atomic mass is 9.76. The number of nitrogen functional groups attached to an aromatic ring is 1. The fourth-order valence-electron chi connectivity index (χ4n) is 3.55. The molecule has 0 saturated carbocycles. The van der Waals surface area contributed by atoms with Gasteiger partial charge in [-0.25, -0.2) is 0 Å². The summed E-state index contributed by atoms with van der Waals surface area (Å²) in [6.45, 7) is 3.48. The number of hydrogen-bond donors (Lipinski definition) is 2. The van der Waals surface area contributed by atoms with Crippen molar-refractivity contribution < 1.29 is 4.79 Å². The number of carbonyl (C=O) groups excluding carboxylic acids is 1. The number of hydrogen-bond acceptors (Lipinski definition) is 4. The first-order valence-electron chi connectivity index (χ1n) is 7.33. The van der Waals surface area contributed by atoms with Crippen LogP contribution >= 0.6 is 0 Å². The van der Waals surface area contributed by atoms with E-state index in [1.54, 1.807) is 18.2 Å².